The summed E-state index contributed by atoms with van der Waals surface area (Å²) in [6, 6.07) is 1.22. The molecule has 1 amide bonds. The minimum absolute atomic E-state index is 0.202. The van der Waals surface area contributed by atoms with Crippen LogP contribution in [0, 0.1) is 0 Å². The van der Waals surface area contributed by atoms with Gasteiger partial charge in [-0.1, -0.05) is 0 Å². The van der Waals surface area contributed by atoms with E-state index in [4.69, 9.17) is 11.6 Å². The molecular weight excluding hydrogens is 224 g/mol. The van der Waals surface area contributed by atoms with E-state index < -0.39 is 0 Å². The molecule has 1 heterocycles. The van der Waals surface area contributed by atoms with Gasteiger partial charge in [-0.15, -0.1) is 11.6 Å². The van der Waals surface area contributed by atoms with E-state index in [1.54, 1.807) is 0 Å². The fraction of sp³-hybridized carbons (Fsp3) is 0.917. The van der Waals surface area contributed by atoms with Crippen LogP contribution in [-0.4, -0.2) is 41.9 Å². The topological polar surface area (TPSA) is 32.3 Å². The number of carbonyl (C=O) groups is 1. The average molecular weight is 245 g/mol. The second kappa shape index (κ2) is 5.87. The average Bonchev–Trinajstić information content (AvgIpc) is 3.01. The first-order valence-corrected chi connectivity index (χ1v) is 6.92. The molecule has 1 unspecified atom stereocenters. The Bertz CT molecular complexity index is 243. The van der Waals surface area contributed by atoms with Gasteiger partial charge in [0.05, 0.1) is 0 Å². The van der Waals surface area contributed by atoms with Gasteiger partial charge >= 0.3 is 0 Å². The summed E-state index contributed by atoms with van der Waals surface area (Å²) in [5.41, 5.74) is 0. The van der Waals surface area contributed by atoms with Crippen LogP contribution in [0.15, 0.2) is 0 Å². The third-order valence-electron chi connectivity index (χ3n) is 3.44. The quantitative estimate of drug-likeness (QED) is 0.570. The van der Waals surface area contributed by atoms with Crippen LogP contribution in [0.1, 0.15) is 38.5 Å². The Morgan fingerprint density at radius 3 is 2.81 bits per heavy atom. The highest BCUT2D eigenvalue weighted by molar-refractivity contribution is 6.17. The van der Waals surface area contributed by atoms with E-state index in [-0.39, 0.29) is 5.91 Å². The first-order valence-electron chi connectivity index (χ1n) is 6.39. The smallest absolute Gasteiger partial charge is 0.220 e. The van der Waals surface area contributed by atoms with E-state index >= 15 is 0 Å². The zero-order valence-electron chi connectivity index (χ0n) is 9.75. The molecule has 3 nitrogen and oxygen atoms in total. The molecule has 2 fully saturated rings. The van der Waals surface area contributed by atoms with E-state index in [0.717, 1.165) is 38.4 Å². The molecule has 0 radical (unpaired) electrons. The zero-order valence-corrected chi connectivity index (χ0v) is 10.5. The van der Waals surface area contributed by atoms with Gasteiger partial charge in [-0.25, -0.2) is 0 Å². The first-order chi connectivity index (χ1) is 7.79. The SMILES string of the molecule is O=C(CCCCCl)NC1CCN(C2CC2)C1. The van der Waals surface area contributed by atoms with E-state index in [1.165, 1.54) is 12.8 Å². The van der Waals surface area contributed by atoms with Crippen molar-refractivity contribution in [2.75, 3.05) is 19.0 Å². The summed E-state index contributed by atoms with van der Waals surface area (Å²) in [7, 11) is 0. The monoisotopic (exact) mass is 244 g/mol. The third kappa shape index (κ3) is 3.63. The molecule has 0 aromatic rings. The number of hydrogen-bond donors (Lipinski definition) is 1. The number of nitrogens with zero attached hydrogens (tertiary/aromatic N) is 1. The summed E-state index contributed by atoms with van der Waals surface area (Å²) in [5, 5.41) is 3.13. The molecule has 0 aromatic carbocycles. The highest BCUT2D eigenvalue weighted by Gasteiger charge is 2.34. The molecule has 1 atom stereocenters. The van der Waals surface area contributed by atoms with Gasteiger partial charge in [0.15, 0.2) is 0 Å². The molecule has 1 saturated carbocycles. The van der Waals surface area contributed by atoms with Gasteiger partial charge < -0.3 is 5.32 Å². The minimum atomic E-state index is 0.202. The lowest BCUT2D eigenvalue weighted by Crippen LogP contribution is -2.37. The number of unbranched alkanes of at least 4 members (excludes halogenated alkanes) is 1. The lowest BCUT2D eigenvalue weighted by atomic mass is 10.2. The fourth-order valence-corrected chi connectivity index (χ4v) is 2.55. The van der Waals surface area contributed by atoms with Gasteiger partial charge in [0, 0.05) is 37.5 Å². The number of alkyl halides is 1. The van der Waals surface area contributed by atoms with Crippen molar-refractivity contribution in [2.45, 2.75) is 50.6 Å². The van der Waals surface area contributed by atoms with Crippen LogP contribution in [0.4, 0.5) is 0 Å². The van der Waals surface area contributed by atoms with Crippen LogP contribution in [0.3, 0.4) is 0 Å². The maximum atomic E-state index is 11.6. The molecule has 0 bridgehead atoms. The predicted molar refractivity (Wildman–Crippen MR) is 65.7 cm³/mol. The summed E-state index contributed by atoms with van der Waals surface area (Å²) in [6.45, 7) is 2.23. The van der Waals surface area contributed by atoms with Gasteiger partial charge in [0.25, 0.3) is 0 Å². The van der Waals surface area contributed by atoms with Crippen LogP contribution in [-0.2, 0) is 4.79 Å². The Balaban J connectivity index is 1.60. The second-order valence-corrected chi connectivity index (χ2v) is 5.30. The van der Waals surface area contributed by atoms with Gasteiger partial charge in [-0.05, 0) is 32.1 Å². The lowest BCUT2D eigenvalue weighted by molar-refractivity contribution is -0.121. The van der Waals surface area contributed by atoms with E-state index in [9.17, 15) is 4.79 Å². The molecular formula is C12H21ClN2O. The molecule has 4 heteroatoms. The van der Waals surface area contributed by atoms with Crippen LogP contribution in [0.25, 0.3) is 0 Å². The highest BCUT2D eigenvalue weighted by Crippen LogP contribution is 2.29. The summed E-state index contributed by atoms with van der Waals surface area (Å²) >= 11 is 5.58. The van der Waals surface area contributed by atoms with E-state index in [2.05, 4.69) is 10.2 Å². The van der Waals surface area contributed by atoms with Crippen molar-refractivity contribution >= 4 is 17.5 Å². The van der Waals surface area contributed by atoms with Crippen molar-refractivity contribution in [3.8, 4) is 0 Å². The molecule has 1 N–H and O–H groups in total. The van der Waals surface area contributed by atoms with Gasteiger partial charge in [0.1, 0.15) is 0 Å². The van der Waals surface area contributed by atoms with Crippen molar-refractivity contribution < 1.29 is 4.79 Å². The summed E-state index contributed by atoms with van der Waals surface area (Å²) in [6.07, 6.45) is 6.32. The number of likely N-dealkylation sites (tertiary alicyclic amines) is 1. The molecule has 0 aromatic heterocycles. The zero-order chi connectivity index (χ0) is 11.4. The fourth-order valence-electron chi connectivity index (χ4n) is 2.36. The van der Waals surface area contributed by atoms with Gasteiger partial charge in [0.2, 0.25) is 5.91 Å². The largest absolute Gasteiger partial charge is 0.352 e. The standard InChI is InChI=1S/C12H21ClN2O/c13-7-2-1-3-12(16)14-10-6-8-15(9-10)11-4-5-11/h10-11H,1-9H2,(H,14,16). The Morgan fingerprint density at radius 2 is 2.12 bits per heavy atom. The van der Waals surface area contributed by atoms with Crippen molar-refractivity contribution in [3.05, 3.63) is 0 Å². The van der Waals surface area contributed by atoms with Crippen molar-refractivity contribution in [3.63, 3.8) is 0 Å². The maximum Gasteiger partial charge on any atom is 0.220 e. The predicted octanol–water partition coefficient (Wildman–Crippen LogP) is 1.75. The van der Waals surface area contributed by atoms with Crippen molar-refractivity contribution in [2.24, 2.45) is 0 Å². The lowest BCUT2D eigenvalue weighted by Gasteiger charge is -2.15. The Kier molecular flexibility index (Phi) is 4.47. The maximum absolute atomic E-state index is 11.6. The molecule has 1 aliphatic heterocycles. The normalized spacial score (nSPS) is 25.9. The number of hydrogen-bond acceptors (Lipinski definition) is 2. The van der Waals surface area contributed by atoms with Gasteiger partial charge in [-0.3, -0.25) is 9.69 Å². The molecule has 0 spiro atoms. The number of amides is 1. The minimum Gasteiger partial charge on any atom is -0.352 e. The van der Waals surface area contributed by atoms with Crippen LogP contribution >= 0.6 is 11.6 Å². The summed E-state index contributed by atoms with van der Waals surface area (Å²) in [5.74, 6) is 0.861. The van der Waals surface area contributed by atoms with Crippen molar-refractivity contribution in [1.82, 2.24) is 10.2 Å². The van der Waals surface area contributed by atoms with Gasteiger partial charge in [-0.2, -0.15) is 0 Å². The third-order valence-corrected chi connectivity index (χ3v) is 3.70. The Labute approximate surface area is 103 Å². The Morgan fingerprint density at radius 1 is 1.31 bits per heavy atom. The Hall–Kier alpha value is -0.280. The molecule has 92 valence electrons. The molecule has 1 saturated heterocycles. The van der Waals surface area contributed by atoms with Crippen LogP contribution < -0.4 is 5.32 Å². The number of halogens is 1. The highest BCUT2D eigenvalue weighted by atomic mass is 35.5. The molecule has 2 rings (SSSR count). The van der Waals surface area contributed by atoms with E-state index in [1.807, 2.05) is 0 Å². The number of carbonyl (C=O) groups excluding carboxylic acids is 1. The number of rotatable bonds is 6. The molecule has 16 heavy (non-hydrogen) atoms. The summed E-state index contributed by atoms with van der Waals surface area (Å²) < 4.78 is 0. The first kappa shape index (κ1) is 12.2. The van der Waals surface area contributed by atoms with E-state index in [0.29, 0.717) is 18.3 Å². The molecule has 1 aliphatic carbocycles. The second-order valence-electron chi connectivity index (χ2n) is 4.93. The van der Waals surface area contributed by atoms with Crippen LogP contribution in [0.5, 0.6) is 0 Å². The molecule has 2 aliphatic rings. The van der Waals surface area contributed by atoms with Crippen LogP contribution in [0.2, 0.25) is 0 Å². The van der Waals surface area contributed by atoms with Crippen molar-refractivity contribution in [1.29, 1.82) is 0 Å². The summed E-state index contributed by atoms with van der Waals surface area (Å²) in [4.78, 5) is 14.1. The number of nitrogens with one attached hydrogen (secondary N) is 1.